The third-order valence-electron chi connectivity index (χ3n) is 6.43. The number of aromatic nitrogens is 3. The van der Waals surface area contributed by atoms with Crippen LogP contribution >= 0.6 is 11.6 Å². The van der Waals surface area contributed by atoms with Crippen molar-refractivity contribution in [1.29, 1.82) is 0 Å². The van der Waals surface area contributed by atoms with E-state index in [1.807, 2.05) is 39.5 Å². The van der Waals surface area contributed by atoms with Crippen LogP contribution in [0.3, 0.4) is 0 Å². The zero-order chi connectivity index (χ0) is 29.0. The average Bonchev–Trinajstić information content (AvgIpc) is 3.24. The lowest BCUT2D eigenvalue weighted by molar-refractivity contribution is -0.153. The van der Waals surface area contributed by atoms with Gasteiger partial charge in [0.25, 0.3) is 0 Å². The molecule has 0 spiro atoms. The van der Waals surface area contributed by atoms with Crippen molar-refractivity contribution in [1.82, 2.24) is 20.1 Å². The van der Waals surface area contributed by atoms with E-state index in [2.05, 4.69) is 20.5 Å². The lowest BCUT2D eigenvalue weighted by Gasteiger charge is -2.43. The number of carboxylic acids is 1. The van der Waals surface area contributed by atoms with Gasteiger partial charge in [0.2, 0.25) is 0 Å². The molecule has 1 fully saturated rings. The monoisotopic (exact) mass is 562 g/mol. The minimum absolute atomic E-state index is 0. The number of aromatic amines is 1. The van der Waals surface area contributed by atoms with Gasteiger partial charge < -0.3 is 16.2 Å². The number of anilines is 2. The van der Waals surface area contributed by atoms with Gasteiger partial charge in [-0.05, 0) is 72.2 Å². The molecule has 0 bridgehead atoms. The number of nitrogens with zero attached hydrogens (tertiary/aromatic N) is 3. The molecule has 39 heavy (non-hydrogen) atoms. The summed E-state index contributed by atoms with van der Waals surface area (Å²) >= 11 is 5.90. The summed E-state index contributed by atoms with van der Waals surface area (Å²) in [6.07, 6.45) is 0.515. The van der Waals surface area contributed by atoms with Gasteiger partial charge in [0.1, 0.15) is 17.5 Å². The first kappa shape index (κ1) is 30.5. The first-order valence-corrected chi connectivity index (χ1v) is 13.2. The van der Waals surface area contributed by atoms with E-state index in [9.17, 15) is 18.7 Å². The quantitative estimate of drug-likeness (QED) is 0.286. The fourth-order valence-electron chi connectivity index (χ4n) is 4.54. The van der Waals surface area contributed by atoms with Gasteiger partial charge in [-0.1, -0.05) is 23.7 Å². The van der Waals surface area contributed by atoms with Crippen LogP contribution in [0, 0.1) is 24.0 Å². The lowest BCUT2D eigenvalue weighted by Crippen LogP contribution is -2.50. The van der Waals surface area contributed by atoms with Gasteiger partial charge in [-0.3, -0.25) is 14.8 Å². The minimum atomic E-state index is -1.18. The summed E-state index contributed by atoms with van der Waals surface area (Å²) in [7, 11) is 0. The summed E-state index contributed by atoms with van der Waals surface area (Å²) in [4.78, 5) is 18.8. The second kappa shape index (κ2) is 12.4. The summed E-state index contributed by atoms with van der Waals surface area (Å²) in [5.41, 5.74) is 5.57. The Labute approximate surface area is 233 Å². The number of likely N-dealkylation sites (tertiary alicyclic amines) is 1. The number of benzene rings is 1. The van der Waals surface area contributed by atoms with Crippen molar-refractivity contribution in [2.24, 2.45) is 11.1 Å². The molecular formula is C28H37ClF2N6O2. The number of carboxylic acid groups (broad SMARTS) is 1. The summed E-state index contributed by atoms with van der Waals surface area (Å²) < 4.78 is 29.1. The molecule has 1 saturated heterocycles. The van der Waals surface area contributed by atoms with E-state index in [-0.39, 0.29) is 41.6 Å². The number of piperidine rings is 1. The van der Waals surface area contributed by atoms with Crippen LogP contribution < -0.4 is 11.1 Å². The molecule has 0 radical (unpaired) electrons. The fraction of sp³-hybridized carbons (Fsp3) is 0.464. The molecule has 8 nitrogen and oxygen atoms in total. The van der Waals surface area contributed by atoms with Crippen molar-refractivity contribution < 1.29 is 18.7 Å². The van der Waals surface area contributed by atoms with Gasteiger partial charge in [-0.2, -0.15) is 5.10 Å². The van der Waals surface area contributed by atoms with Crippen molar-refractivity contribution in [3.05, 3.63) is 70.0 Å². The maximum absolute atomic E-state index is 14.7. The number of halogens is 3. The van der Waals surface area contributed by atoms with E-state index < -0.39 is 23.0 Å². The molecule has 2 atom stereocenters. The molecule has 1 aliphatic heterocycles. The summed E-state index contributed by atoms with van der Waals surface area (Å²) in [6.45, 7) is 10.4. The second-order valence-electron chi connectivity index (χ2n) is 11.3. The van der Waals surface area contributed by atoms with Gasteiger partial charge in [-0.15, -0.1) is 0 Å². The first-order valence-electron chi connectivity index (χ1n) is 12.8. The first-order chi connectivity index (χ1) is 18.2. The molecule has 0 amide bonds. The van der Waals surface area contributed by atoms with Gasteiger partial charge >= 0.3 is 5.97 Å². The lowest BCUT2D eigenvalue weighted by atomic mass is 9.72. The maximum atomic E-state index is 14.7. The van der Waals surface area contributed by atoms with Crippen LogP contribution in [0.4, 0.5) is 20.4 Å². The number of aliphatic carboxylic acids is 1. The Morgan fingerprint density at radius 2 is 1.97 bits per heavy atom. The molecule has 1 aromatic carbocycles. The highest BCUT2D eigenvalue weighted by atomic mass is 35.5. The largest absolute Gasteiger partial charge is 0.481 e. The normalized spacial score (nSPS) is 19.8. The third-order valence-corrected chi connectivity index (χ3v) is 6.72. The molecule has 0 aliphatic carbocycles. The number of aryl methyl sites for hydroxylation is 1. The molecule has 212 valence electrons. The van der Waals surface area contributed by atoms with E-state index in [0.717, 1.165) is 5.69 Å². The molecule has 3 heterocycles. The van der Waals surface area contributed by atoms with Crippen molar-refractivity contribution in [3.63, 3.8) is 0 Å². The fourth-order valence-corrected chi connectivity index (χ4v) is 4.74. The topological polar surface area (TPSA) is 120 Å². The number of rotatable bonds is 7. The van der Waals surface area contributed by atoms with E-state index >= 15 is 0 Å². The Bertz CT molecular complexity index is 1290. The van der Waals surface area contributed by atoms with Crippen LogP contribution in [0.1, 0.15) is 57.5 Å². The predicted octanol–water partition coefficient (Wildman–Crippen LogP) is 5.83. The number of nitrogens with two attached hydrogens (primary N) is 1. The molecule has 11 heteroatoms. The number of nitrogens with one attached hydrogen (secondary N) is 2. The van der Waals surface area contributed by atoms with Crippen LogP contribution in [0.25, 0.3) is 0 Å². The zero-order valence-electron chi connectivity index (χ0n) is 23.0. The van der Waals surface area contributed by atoms with Crippen LogP contribution in [0.5, 0.6) is 0 Å². The average molecular weight is 563 g/mol. The molecule has 0 unspecified atom stereocenters. The Balaban J connectivity index is 0.000000771. The van der Waals surface area contributed by atoms with E-state index in [4.69, 9.17) is 17.3 Å². The number of hydrogen-bond acceptors (Lipinski definition) is 6. The highest BCUT2D eigenvalue weighted by Crippen LogP contribution is 2.39. The molecular weight excluding hydrogens is 526 g/mol. The summed E-state index contributed by atoms with van der Waals surface area (Å²) in [5.74, 6) is -1.10. The minimum Gasteiger partial charge on any atom is -0.481 e. The molecule has 5 N–H and O–H groups in total. The zero-order valence-corrected chi connectivity index (χ0v) is 23.7. The van der Waals surface area contributed by atoms with E-state index in [1.54, 1.807) is 18.2 Å². The highest BCUT2D eigenvalue weighted by Gasteiger charge is 2.45. The SMILES string of the molecule is CC(C)(C)N.Cc1cc(Nc2ccc(F)c(C[C@@]3(C(=O)O)CCN(Cc4cccc(Cl)c4F)[C@H](C)C3)n2)n[nH]1. The third kappa shape index (κ3) is 8.45. The molecule has 3 aromatic rings. The van der Waals surface area contributed by atoms with E-state index in [1.165, 1.54) is 18.2 Å². The van der Waals surface area contributed by atoms with Gasteiger partial charge in [0.15, 0.2) is 5.82 Å². The highest BCUT2D eigenvalue weighted by molar-refractivity contribution is 6.30. The summed E-state index contributed by atoms with van der Waals surface area (Å²) in [5, 5.41) is 20.1. The Morgan fingerprint density at radius 1 is 1.28 bits per heavy atom. The van der Waals surface area contributed by atoms with Crippen LogP contribution in [0.15, 0.2) is 36.4 Å². The van der Waals surface area contributed by atoms with Gasteiger partial charge in [0.05, 0.1) is 16.1 Å². The standard InChI is InChI=1S/C24H26ClF2N5O2.C4H11N/c1-14-10-21(31-30-14)29-20-7-6-18(26)19(28-20)12-24(23(33)34)8-9-32(15(2)11-24)13-16-4-3-5-17(25)22(16)27;1-4(2,3)5/h3-7,10,15H,8-9,11-13H2,1-2H3,(H,33,34)(H2,28,29,30,31);5H2,1-3H3/t15-,24-;/m1./s1. The molecule has 4 rings (SSSR count). The molecule has 2 aromatic heterocycles. The number of H-pyrrole nitrogens is 1. The van der Waals surface area contributed by atoms with E-state index in [0.29, 0.717) is 30.3 Å². The Kier molecular flexibility index (Phi) is 9.69. The molecule has 1 aliphatic rings. The second-order valence-corrected chi connectivity index (χ2v) is 11.7. The maximum Gasteiger partial charge on any atom is 0.310 e. The van der Waals surface area contributed by atoms with Crippen LogP contribution in [-0.2, 0) is 17.8 Å². The number of hydrogen-bond donors (Lipinski definition) is 4. The molecule has 0 saturated carbocycles. The number of pyridine rings is 1. The van der Waals surface area contributed by atoms with Crippen molar-refractivity contribution in [2.45, 2.75) is 72.0 Å². The smallest absolute Gasteiger partial charge is 0.310 e. The van der Waals surface area contributed by atoms with Crippen LogP contribution in [-0.4, -0.2) is 49.3 Å². The van der Waals surface area contributed by atoms with Crippen LogP contribution in [0.2, 0.25) is 5.02 Å². The van der Waals surface area contributed by atoms with Crippen molar-refractivity contribution in [3.8, 4) is 0 Å². The van der Waals surface area contributed by atoms with Gasteiger partial charge in [0, 0.05) is 41.9 Å². The Morgan fingerprint density at radius 3 is 2.56 bits per heavy atom. The van der Waals surface area contributed by atoms with Crippen molar-refractivity contribution >= 4 is 29.2 Å². The Hall–Kier alpha value is -3.08. The predicted molar refractivity (Wildman–Crippen MR) is 149 cm³/mol. The van der Waals surface area contributed by atoms with Crippen molar-refractivity contribution in [2.75, 3.05) is 11.9 Å². The summed E-state index contributed by atoms with van der Waals surface area (Å²) in [6, 6.07) is 9.24. The number of carbonyl (C=O) groups is 1. The van der Waals surface area contributed by atoms with Gasteiger partial charge in [-0.25, -0.2) is 13.8 Å².